The van der Waals surface area contributed by atoms with Crippen LogP contribution >= 0.6 is 0 Å². The Hall–Kier alpha value is -2.34. The molecule has 1 aromatic carbocycles. The van der Waals surface area contributed by atoms with Gasteiger partial charge in [0.05, 0.1) is 12.8 Å². The van der Waals surface area contributed by atoms with Gasteiger partial charge in [-0.15, -0.1) is 0 Å². The van der Waals surface area contributed by atoms with Gasteiger partial charge in [-0.1, -0.05) is 0 Å². The van der Waals surface area contributed by atoms with Gasteiger partial charge in [0.2, 0.25) is 11.8 Å². The Bertz CT molecular complexity index is 813. The normalized spacial score (nSPS) is 18.5. The predicted octanol–water partition coefficient (Wildman–Crippen LogP) is 2.99. The van der Waals surface area contributed by atoms with Gasteiger partial charge in [0.15, 0.2) is 0 Å². The largest absolute Gasteiger partial charge is 0.496 e. The van der Waals surface area contributed by atoms with Crippen LogP contribution in [0.4, 0.5) is 0 Å². The molecule has 3 rings (SSSR count). The minimum absolute atomic E-state index is 0.112. The molecule has 0 radical (unpaired) electrons. The molecule has 1 amide bonds. The summed E-state index contributed by atoms with van der Waals surface area (Å²) in [7, 11) is 1.68. The molecule has 0 aliphatic carbocycles. The minimum atomic E-state index is 0.112. The number of methoxy groups -OCH3 is 1. The van der Waals surface area contributed by atoms with Crippen molar-refractivity contribution in [3.05, 3.63) is 34.7 Å². The lowest BCUT2D eigenvalue weighted by Crippen LogP contribution is -2.37. The fourth-order valence-corrected chi connectivity index (χ4v) is 3.31. The molecule has 0 spiro atoms. The molecule has 140 valence electrons. The van der Waals surface area contributed by atoms with Crippen LogP contribution in [0.1, 0.15) is 35.9 Å². The SMILES string of the molecule is COc1ccc(-c2nc(CN3CCC(=O)NCC3C)c(C)o2)c(C)c1C. The monoisotopic (exact) mass is 357 g/mol. The minimum Gasteiger partial charge on any atom is -0.496 e. The first-order chi connectivity index (χ1) is 12.4. The lowest BCUT2D eigenvalue weighted by molar-refractivity contribution is -0.120. The first-order valence-electron chi connectivity index (χ1n) is 9.02. The van der Waals surface area contributed by atoms with E-state index in [2.05, 4.69) is 24.1 Å². The van der Waals surface area contributed by atoms with E-state index in [-0.39, 0.29) is 11.9 Å². The van der Waals surface area contributed by atoms with Crippen LogP contribution in [0.5, 0.6) is 5.75 Å². The number of aryl methyl sites for hydroxylation is 1. The van der Waals surface area contributed by atoms with Crippen molar-refractivity contribution in [3.8, 4) is 17.2 Å². The number of benzene rings is 1. The Morgan fingerprint density at radius 3 is 2.81 bits per heavy atom. The zero-order valence-electron chi connectivity index (χ0n) is 16.2. The van der Waals surface area contributed by atoms with E-state index in [0.717, 1.165) is 40.4 Å². The zero-order valence-corrected chi connectivity index (χ0v) is 16.2. The van der Waals surface area contributed by atoms with Crippen molar-refractivity contribution in [2.24, 2.45) is 0 Å². The maximum atomic E-state index is 11.6. The number of nitrogens with one attached hydrogen (secondary N) is 1. The lowest BCUT2D eigenvalue weighted by atomic mass is 10.0. The summed E-state index contributed by atoms with van der Waals surface area (Å²) in [4.78, 5) is 18.7. The predicted molar refractivity (Wildman–Crippen MR) is 100 cm³/mol. The fourth-order valence-electron chi connectivity index (χ4n) is 3.31. The van der Waals surface area contributed by atoms with Gasteiger partial charge in [0, 0.05) is 37.7 Å². The molecule has 2 heterocycles. The Kier molecular flexibility index (Phi) is 5.32. The van der Waals surface area contributed by atoms with Crippen LogP contribution in [0.3, 0.4) is 0 Å². The van der Waals surface area contributed by atoms with Crippen molar-refractivity contribution in [1.82, 2.24) is 15.2 Å². The van der Waals surface area contributed by atoms with Crippen molar-refractivity contribution in [3.63, 3.8) is 0 Å². The average molecular weight is 357 g/mol. The van der Waals surface area contributed by atoms with Gasteiger partial charge in [0.25, 0.3) is 0 Å². The fraction of sp³-hybridized carbons (Fsp3) is 0.500. The Balaban J connectivity index is 1.86. The Labute approximate surface area is 154 Å². The summed E-state index contributed by atoms with van der Waals surface area (Å²) in [6.07, 6.45) is 0.519. The molecular formula is C20H27N3O3. The summed E-state index contributed by atoms with van der Waals surface area (Å²) in [6, 6.07) is 4.21. The number of rotatable bonds is 4. The van der Waals surface area contributed by atoms with E-state index >= 15 is 0 Å². The van der Waals surface area contributed by atoms with E-state index in [4.69, 9.17) is 14.1 Å². The van der Waals surface area contributed by atoms with Gasteiger partial charge in [-0.05, 0) is 51.0 Å². The molecule has 6 heteroatoms. The quantitative estimate of drug-likeness (QED) is 0.911. The highest BCUT2D eigenvalue weighted by Crippen LogP contribution is 2.31. The van der Waals surface area contributed by atoms with Crippen LogP contribution in [-0.4, -0.2) is 42.0 Å². The number of carbonyl (C=O) groups is 1. The third kappa shape index (κ3) is 3.60. The molecule has 1 aliphatic heterocycles. The summed E-state index contributed by atoms with van der Waals surface area (Å²) >= 11 is 0. The van der Waals surface area contributed by atoms with Crippen molar-refractivity contribution >= 4 is 5.91 Å². The number of hydrogen-bond acceptors (Lipinski definition) is 5. The molecule has 1 fully saturated rings. The van der Waals surface area contributed by atoms with Crippen LogP contribution in [0.15, 0.2) is 16.5 Å². The van der Waals surface area contributed by atoms with Gasteiger partial charge >= 0.3 is 0 Å². The topological polar surface area (TPSA) is 67.6 Å². The molecule has 0 bridgehead atoms. The maximum absolute atomic E-state index is 11.6. The first-order valence-corrected chi connectivity index (χ1v) is 9.02. The Morgan fingerprint density at radius 1 is 1.31 bits per heavy atom. The third-order valence-corrected chi connectivity index (χ3v) is 5.28. The summed E-state index contributed by atoms with van der Waals surface area (Å²) in [5.74, 6) is 2.44. The lowest BCUT2D eigenvalue weighted by Gasteiger charge is -2.25. The second-order valence-corrected chi connectivity index (χ2v) is 6.96. The number of nitrogens with zero attached hydrogens (tertiary/aromatic N) is 2. The van der Waals surface area contributed by atoms with E-state index in [1.807, 2.05) is 26.0 Å². The molecule has 2 aromatic rings. The van der Waals surface area contributed by atoms with Gasteiger partial charge < -0.3 is 14.5 Å². The van der Waals surface area contributed by atoms with Crippen molar-refractivity contribution in [2.75, 3.05) is 20.2 Å². The smallest absolute Gasteiger partial charge is 0.226 e. The molecule has 1 saturated heterocycles. The number of hydrogen-bond donors (Lipinski definition) is 1. The van der Waals surface area contributed by atoms with Gasteiger partial charge in [-0.3, -0.25) is 9.69 Å². The molecule has 1 N–H and O–H groups in total. The number of amides is 1. The molecule has 6 nitrogen and oxygen atoms in total. The standard InChI is InChI=1S/C20H27N3O3/c1-12-10-21-19(24)8-9-23(12)11-17-15(4)26-20(22-17)16-6-7-18(25-5)14(3)13(16)2/h6-7,12H,8-11H2,1-5H3,(H,21,24). The highest BCUT2D eigenvalue weighted by molar-refractivity contribution is 5.76. The van der Waals surface area contributed by atoms with E-state index in [1.54, 1.807) is 7.11 Å². The molecular weight excluding hydrogens is 330 g/mol. The van der Waals surface area contributed by atoms with Crippen LogP contribution in [-0.2, 0) is 11.3 Å². The molecule has 1 unspecified atom stereocenters. The third-order valence-electron chi connectivity index (χ3n) is 5.28. The van der Waals surface area contributed by atoms with Gasteiger partial charge in [-0.2, -0.15) is 0 Å². The Morgan fingerprint density at radius 2 is 2.08 bits per heavy atom. The van der Waals surface area contributed by atoms with Crippen molar-refractivity contribution < 1.29 is 13.9 Å². The van der Waals surface area contributed by atoms with Gasteiger partial charge in [0.1, 0.15) is 11.5 Å². The number of carbonyl (C=O) groups excluding carboxylic acids is 1. The number of aromatic nitrogens is 1. The average Bonchev–Trinajstić information content (AvgIpc) is 2.90. The molecule has 0 saturated carbocycles. The highest BCUT2D eigenvalue weighted by atomic mass is 16.5. The second-order valence-electron chi connectivity index (χ2n) is 6.96. The van der Waals surface area contributed by atoms with Crippen LogP contribution < -0.4 is 10.1 Å². The second kappa shape index (κ2) is 7.50. The summed E-state index contributed by atoms with van der Waals surface area (Å²) < 4.78 is 11.4. The highest BCUT2D eigenvalue weighted by Gasteiger charge is 2.23. The van der Waals surface area contributed by atoms with Crippen molar-refractivity contribution in [1.29, 1.82) is 0 Å². The maximum Gasteiger partial charge on any atom is 0.226 e. The van der Waals surface area contributed by atoms with Crippen LogP contribution in [0.2, 0.25) is 0 Å². The molecule has 1 atom stereocenters. The summed E-state index contributed by atoms with van der Waals surface area (Å²) in [5.41, 5.74) is 4.11. The zero-order chi connectivity index (χ0) is 18.8. The van der Waals surface area contributed by atoms with E-state index in [1.165, 1.54) is 0 Å². The molecule has 1 aliphatic rings. The number of ether oxygens (including phenoxy) is 1. The van der Waals surface area contributed by atoms with Crippen LogP contribution in [0.25, 0.3) is 11.5 Å². The molecule has 26 heavy (non-hydrogen) atoms. The molecule has 1 aromatic heterocycles. The summed E-state index contributed by atoms with van der Waals surface area (Å²) in [5, 5.41) is 2.94. The van der Waals surface area contributed by atoms with E-state index in [0.29, 0.717) is 25.4 Å². The van der Waals surface area contributed by atoms with E-state index in [9.17, 15) is 4.79 Å². The van der Waals surface area contributed by atoms with Crippen molar-refractivity contribution in [2.45, 2.75) is 46.7 Å². The first kappa shape index (κ1) is 18.5. The summed E-state index contributed by atoms with van der Waals surface area (Å²) in [6.45, 7) is 10.2. The van der Waals surface area contributed by atoms with Gasteiger partial charge in [-0.25, -0.2) is 4.98 Å². The number of oxazole rings is 1. The van der Waals surface area contributed by atoms with E-state index < -0.39 is 0 Å². The van der Waals surface area contributed by atoms with Crippen LogP contribution in [0, 0.1) is 20.8 Å².